The molecule has 0 radical (unpaired) electrons. The van der Waals surface area contributed by atoms with E-state index >= 15 is 0 Å². The number of carbonyl (C=O) groups excluding carboxylic acids is 1. The van der Waals surface area contributed by atoms with Gasteiger partial charge in [-0.2, -0.15) is 0 Å². The largest absolute Gasteiger partial charge is 0.416 e. The Kier molecular flexibility index (Phi) is 3.02. The molecule has 3 nitrogen and oxygen atoms in total. The molecule has 1 N–H and O–H groups in total. The molecule has 4 heteroatoms. The number of rotatable bonds is 2. The summed E-state index contributed by atoms with van der Waals surface area (Å²) in [5, 5.41) is 0. The van der Waals surface area contributed by atoms with Crippen molar-refractivity contribution in [3.8, 4) is 0 Å². The Bertz CT molecular complexity index is 235. The topological polar surface area (TPSA) is 46.5 Å². The molecule has 1 aromatic rings. The predicted octanol–water partition coefficient (Wildman–Crippen LogP) is 1.34. The number of hydrogen-bond acceptors (Lipinski definition) is 3. The second-order valence-electron chi connectivity index (χ2n) is 1.85. The van der Waals surface area contributed by atoms with E-state index in [1.165, 1.54) is 0 Å². The van der Waals surface area contributed by atoms with Crippen LogP contribution in [0.25, 0.3) is 0 Å². The van der Waals surface area contributed by atoms with E-state index in [0.717, 1.165) is 0 Å². The summed E-state index contributed by atoms with van der Waals surface area (Å²) in [5.41, 5.74) is 0.453. The van der Waals surface area contributed by atoms with Crippen LogP contribution < -0.4 is 0 Å². The molecule has 0 aliphatic carbocycles. The Hall–Kier alpha value is -0.920. The number of benzene rings is 1. The van der Waals surface area contributed by atoms with Gasteiger partial charge in [0.2, 0.25) is 9.03 Å². The highest BCUT2D eigenvalue weighted by atomic mass is 31.1. The van der Waals surface area contributed by atoms with Gasteiger partial charge < -0.3 is 9.42 Å². The average Bonchev–Trinajstić information content (AvgIpc) is 2.07. The Morgan fingerprint density at radius 2 is 2.00 bits per heavy atom. The van der Waals surface area contributed by atoms with Crippen molar-refractivity contribution in [2.24, 2.45) is 0 Å². The van der Waals surface area contributed by atoms with E-state index in [-0.39, 0.29) is 0 Å². The van der Waals surface area contributed by atoms with Crippen LogP contribution in [0.5, 0.6) is 0 Å². The van der Waals surface area contributed by atoms with Crippen LogP contribution in [0.2, 0.25) is 0 Å². The predicted molar refractivity (Wildman–Crippen MR) is 42.4 cm³/mol. The lowest BCUT2D eigenvalue weighted by atomic mass is 10.2. The van der Waals surface area contributed by atoms with Crippen molar-refractivity contribution in [1.29, 1.82) is 0 Å². The molecule has 0 aliphatic heterocycles. The van der Waals surface area contributed by atoms with Gasteiger partial charge in [-0.25, -0.2) is 4.79 Å². The van der Waals surface area contributed by atoms with Gasteiger partial charge in [0.05, 0.1) is 5.56 Å². The fourth-order valence-corrected chi connectivity index (χ4v) is 0.875. The number of carbonyl (C=O) groups is 1. The van der Waals surface area contributed by atoms with E-state index in [1.807, 2.05) is 0 Å². The summed E-state index contributed by atoms with van der Waals surface area (Å²) in [7, 11) is -0.786. The third kappa shape index (κ3) is 2.30. The van der Waals surface area contributed by atoms with Gasteiger partial charge in [0, 0.05) is 0 Å². The molecule has 0 aromatic heterocycles. The summed E-state index contributed by atoms with van der Waals surface area (Å²) < 4.78 is 4.37. The lowest BCUT2D eigenvalue weighted by Gasteiger charge is -1.97. The second-order valence-corrected chi connectivity index (χ2v) is 2.23. The molecule has 1 rings (SSSR count). The zero-order valence-electron chi connectivity index (χ0n) is 5.65. The molecule has 0 saturated heterocycles. The van der Waals surface area contributed by atoms with Crippen LogP contribution >= 0.6 is 9.03 Å². The van der Waals surface area contributed by atoms with Crippen LogP contribution in [0.15, 0.2) is 30.3 Å². The molecular weight excluding hydrogens is 163 g/mol. The monoisotopic (exact) mass is 170 g/mol. The van der Waals surface area contributed by atoms with Crippen molar-refractivity contribution in [1.82, 2.24) is 0 Å². The Morgan fingerprint density at radius 1 is 1.36 bits per heavy atom. The van der Waals surface area contributed by atoms with Crippen molar-refractivity contribution < 1.29 is 14.2 Å². The molecule has 0 heterocycles. The molecule has 0 spiro atoms. The first kappa shape index (κ1) is 8.18. The second kappa shape index (κ2) is 4.06. The molecule has 0 saturated carbocycles. The van der Waals surface area contributed by atoms with Crippen LogP contribution in [-0.2, 0) is 4.52 Å². The van der Waals surface area contributed by atoms with Crippen LogP contribution in [-0.4, -0.2) is 10.9 Å². The third-order valence-electron chi connectivity index (χ3n) is 1.15. The highest BCUT2D eigenvalue weighted by Gasteiger charge is 2.03. The first-order chi connectivity index (χ1) is 5.34. The van der Waals surface area contributed by atoms with Crippen molar-refractivity contribution >= 4 is 15.0 Å². The van der Waals surface area contributed by atoms with Crippen LogP contribution in [0.3, 0.4) is 0 Å². The van der Waals surface area contributed by atoms with Gasteiger partial charge >= 0.3 is 5.97 Å². The van der Waals surface area contributed by atoms with Gasteiger partial charge in [-0.15, -0.1) is 0 Å². The summed E-state index contributed by atoms with van der Waals surface area (Å²) in [4.78, 5) is 19.2. The highest BCUT2D eigenvalue weighted by molar-refractivity contribution is 7.25. The third-order valence-corrected chi connectivity index (χ3v) is 1.42. The normalized spacial score (nSPS) is 10.3. The molecule has 1 atom stereocenters. The number of hydrogen-bond donors (Lipinski definition) is 1. The van der Waals surface area contributed by atoms with Crippen LogP contribution in [0, 0.1) is 0 Å². The quantitative estimate of drug-likeness (QED) is 0.681. The first-order valence-corrected chi connectivity index (χ1v) is 3.85. The van der Waals surface area contributed by atoms with Gasteiger partial charge in [-0.3, -0.25) is 0 Å². The Balaban J connectivity index is 2.69. The maximum atomic E-state index is 10.9. The van der Waals surface area contributed by atoms with Crippen LogP contribution in [0.4, 0.5) is 0 Å². The van der Waals surface area contributed by atoms with Crippen molar-refractivity contribution in [3.05, 3.63) is 35.9 Å². The molecule has 0 fully saturated rings. The zero-order chi connectivity index (χ0) is 8.10. The Labute approximate surface area is 66.0 Å². The van der Waals surface area contributed by atoms with Crippen LogP contribution in [0.1, 0.15) is 10.4 Å². The smallest absolute Gasteiger partial charge is 0.342 e. The molecule has 0 bridgehead atoms. The molecule has 1 aromatic carbocycles. The highest BCUT2D eigenvalue weighted by Crippen LogP contribution is 2.09. The van der Waals surface area contributed by atoms with E-state index in [0.29, 0.717) is 5.56 Å². The lowest BCUT2D eigenvalue weighted by molar-refractivity contribution is 0.0748. The van der Waals surface area contributed by atoms with E-state index in [9.17, 15) is 4.79 Å². The standard InChI is InChI=1S/C7H7O3P/c8-7(10-11-9)6-4-2-1-3-5-6/h1-5,9,11H. The van der Waals surface area contributed by atoms with Gasteiger partial charge in [-0.1, -0.05) is 18.2 Å². The SMILES string of the molecule is O=C(OPO)c1ccccc1. The molecule has 1 unspecified atom stereocenters. The summed E-state index contributed by atoms with van der Waals surface area (Å²) >= 11 is 0. The average molecular weight is 170 g/mol. The van der Waals surface area contributed by atoms with Gasteiger partial charge in [0.1, 0.15) is 0 Å². The molecular formula is C7H7O3P. The van der Waals surface area contributed by atoms with Gasteiger partial charge in [0.25, 0.3) is 0 Å². The van der Waals surface area contributed by atoms with Gasteiger partial charge in [0.15, 0.2) is 0 Å². The summed E-state index contributed by atoms with van der Waals surface area (Å²) in [6.45, 7) is 0. The van der Waals surface area contributed by atoms with Crippen molar-refractivity contribution in [3.63, 3.8) is 0 Å². The van der Waals surface area contributed by atoms with E-state index in [1.54, 1.807) is 30.3 Å². The minimum Gasteiger partial charge on any atom is -0.416 e. The fraction of sp³-hybridized carbons (Fsp3) is 0. The maximum absolute atomic E-state index is 10.9. The lowest BCUT2D eigenvalue weighted by Crippen LogP contribution is -1.97. The van der Waals surface area contributed by atoms with Crippen molar-refractivity contribution in [2.75, 3.05) is 0 Å². The Morgan fingerprint density at radius 3 is 2.55 bits per heavy atom. The van der Waals surface area contributed by atoms with E-state index < -0.39 is 15.0 Å². The molecule has 11 heavy (non-hydrogen) atoms. The van der Waals surface area contributed by atoms with E-state index in [2.05, 4.69) is 4.52 Å². The molecule has 58 valence electrons. The minimum atomic E-state index is -0.786. The maximum Gasteiger partial charge on any atom is 0.342 e. The first-order valence-electron chi connectivity index (χ1n) is 3.00. The summed E-state index contributed by atoms with van der Waals surface area (Å²) in [6.07, 6.45) is 0. The van der Waals surface area contributed by atoms with Crippen molar-refractivity contribution in [2.45, 2.75) is 0 Å². The summed E-state index contributed by atoms with van der Waals surface area (Å²) in [6, 6.07) is 8.52. The van der Waals surface area contributed by atoms with E-state index in [4.69, 9.17) is 4.89 Å². The fourth-order valence-electron chi connectivity index (χ4n) is 0.675. The summed E-state index contributed by atoms with van der Waals surface area (Å²) in [5.74, 6) is -0.494. The minimum absolute atomic E-state index is 0.453. The molecule has 0 amide bonds. The zero-order valence-corrected chi connectivity index (χ0v) is 6.65. The van der Waals surface area contributed by atoms with Gasteiger partial charge in [-0.05, 0) is 12.1 Å². The molecule has 0 aliphatic rings.